The van der Waals surface area contributed by atoms with Crippen molar-refractivity contribution in [2.24, 2.45) is 0 Å². The number of amides is 1. The first-order valence-corrected chi connectivity index (χ1v) is 13.9. The molecule has 0 aliphatic carbocycles. The number of carbonyl (C=O) groups is 2. The van der Waals surface area contributed by atoms with Gasteiger partial charge in [-0.05, 0) is 84.2 Å². The third-order valence-corrected chi connectivity index (χ3v) is 6.92. The highest BCUT2D eigenvalue weighted by molar-refractivity contribution is 7.98. The molecule has 1 amide bonds. The van der Waals surface area contributed by atoms with Gasteiger partial charge < -0.3 is 15.7 Å². The van der Waals surface area contributed by atoms with Gasteiger partial charge in [-0.15, -0.1) is 0 Å². The maximum absolute atomic E-state index is 13.3. The second-order valence-corrected chi connectivity index (χ2v) is 9.94. The second kappa shape index (κ2) is 13.7. The second-order valence-electron chi connectivity index (χ2n) is 8.95. The van der Waals surface area contributed by atoms with Gasteiger partial charge in [0.15, 0.2) is 0 Å². The van der Waals surface area contributed by atoms with Crippen molar-refractivity contribution in [1.29, 1.82) is 0 Å². The third kappa shape index (κ3) is 7.37. The number of carbonyl (C=O) groups excluding carboxylic acids is 1. The number of aliphatic carboxylic acids is 1. The van der Waals surface area contributed by atoms with Crippen LogP contribution in [-0.2, 0) is 17.8 Å². The summed E-state index contributed by atoms with van der Waals surface area (Å²) in [4.78, 5) is 25.0. The number of thioether (sulfide) groups is 1. The summed E-state index contributed by atoms with van der Waals surface area (Å²) in [6.45, 7) is 4.84. The molecule has 3 aromatic rings. The summed E-state index contributed by atoms with van der Waals surface area (Å²) < 4.78 is 0. The number of carboxylic acid groups (broad SMARTS) is 1. The Morgan fingerprint density at radius 2 is 1.75 bits per heavy atom. The van der Waals surface area contributed by atoms with E-state index in [1.165, 1.54) is 5.56 Å². The van der Waals surface area contributed by atoms with Crippen molar-refractivity contribution < 1.29 is 14.7 Å². The average molecular weight is 505 g/mol. The molecule has 6 heteroatoms. The van der Waals surface area contributed by atoms with Crippen LogP contribution < -0.4 is 10.6 Å². The van der Waals surface area contributed by atoms with Crippen molar-refractivity contribution in [3.63, 3.8) is 0 Å². The fraction of sp³-hybridized carbons (Fsp3) is 0.333. The molecule has 5 nitrogen and oxygen atoms in total. The first kappa shape index (κ1) is 27.3. The number of aryl methyl sites for hydroxylation is 2. The Balaban J connectivity index is 1.90. The zero-order chi connectivity index (χ0) is 25.9. The van der Waals surface area contributed by atoms with E-state index < -0.39 is 12.0 Å². The minimum Gasteiger partial charge on any atom is -0.480 e. The molecule has 0 saturated heterocycles. The van der Waals surface area contributed by atoms with Gasteiger partial charge in [0, 0.05) is 17.8 Å². The minimum absolute atomic E-state index is 0.369. The van der Waals surface area contributed by atoms with Crippen molar-refractivity contribution in [2.45, 2.75) is 52.1 Å². The van der Waals surface area contributed by atoms with E-state index >= 15 is 0 Å². The van der Waals surface area contributed by atoms with Crippen molar-refractivity contribution >= 4 is 29.3 Å². The van der Waals surface area contributed by atoms with Crippen LogP contribution >= 0.6 is 11.8 Å². The third-order valence-electron chi connectivity index (χ3n) is 6.28. The Labute approximate surface area is 218 Å². The molecule has 0 aliphatic rings. The lowest BCUT2D eigenvalue weighted by Gasteiger charge is -2.18. The standard InChI is InChI=1S/C30H36N2O3S/c1-4-5-11-23-12-7-9-14-27(23)31-20-22-15-16-25(26(19-22)24-13-8-6-10-21(24)2)29(33)32-28(30(34)35)17-18-36-3/h6-10,12-16,19,28,31H,4-5,11,17-18,20H2,1-3H3,(H,32,33)(H,34,35). The van der Waals surface area contributed by atoms with Crippen LogP contribution in [0.3, 0.4) is 0 Å². The predicted octanol–water partition coefficient (Wildman–Crippen LogP) is 6.55. The number of carboxylic acids is 1. The van der Waals surface area contributed by atoms with E-state index in [1.807, 2.05) is 61.7 Å². The van der Waals surface area contributed by atoms with Crippen LogP contribution in [0.2, 0.25) is 0 Å². The van der Waals surface area contributed by atoms with Crippen LogP contribution in [0.4, 0.5) is 5.69 Å². The molecule has 0 bridgehead atoms. The first-order valence-electron chi connectivity index (χ1n) is 12.5. The van der Waals surface area contributed by atoms with Crippen LogP contribution in [0.1, 0.15) is 53.2 Å². The molecule has 1 unspecified atom stereocenters. The normalized spacial score (nSPS) is 11.6. The SMILES string of the molecule is CCCCc1ccccc1NCc1ccc(C(=O)NC(CCSC)C(=O)O)c(-c2ccccc2C)c1. The molecule has 0 aromatic heterocycles. The maximum atomic E-state index is 13.3. The number of nitrogens with one attached hydrogen (secondary N) is 2. The van der Waals surface area contributed by atoms with E-state index in [4.69, 9.17) is 0 Å². The number of para-hydroxylation sites is 1. The van der Waals surface area contributed by atoms with Gasteiger partial charge in [-0.1, -0.05) is 61.9 Å². The van der Waals surface area contributed by atoms with Gasteiger partial charge in [-0.25, -0.2) is 4.79 Å². The molecule has 3 aromatic carbocycles. The average Bonchev–Trinajstić information content (AvgIpc) is 2.89. The fourth-order valence-electron chi connectivity index (χ4n) is 4.20. The topological polar surface area (TPSA) is 78.4 Å². The van der Waals surface area contributed by atoms with E-state index in [1.54, 1.807) is 11.8 Å². The number of rotatable bonds is 13. The molecule has 0 fully saturated rings. The van der Waals surface area contributed by atoms with Crippen LogP contribution in [0, 0.1) is 6.92 Å². The van der Waals surface area contributed by atoms with Gasteiger partial charge in [0.2, 0.25) is 0 Å². The summed E-state index contributed by atoms with van der Waals surface area (Å²) in [5, 5.41) is 15.9. The summed E-state index contributed by atoms with van der Waals surface area (Å²) in [6.07, 6.45) is 5.63. The monoisotopic (exact) mass is 504 g/mol. The minimum atomic E-state index is -1.02. The molecule has 3 rings (SSSR count). The molecule has 0 spiro atoms. The molecule has 0 heterocycles. The molecule has 0 radical (unpaired) electrons. The zero-order valence-electron chi connectivity index (χ0n) is 21.3. The van der Waals surface area contributed by atoms with Gasteiger partial charge in [0.25, 0.3) is 5.91 Å². The molecule has 1 atom stereocenters. The molecular formula is C30H36N2O3S. The Kier molecular flexibility index (Phi) is 10.4. The van der Waals surface area contributed by atoms with Crippen molar-refractivity contribution in [3.05, 3.63) is 89.0 Å². The highest BCUT2D eigenvalue weighted by Gasteiger charge is 2.22. The van der Waals surface area contributed by atoms with Crippen molar-refractivity contribution in [3.8, 4) is 11.1 Å². The van der Waals surface area contributed by atoms with Crippen LogP contribution in [0.25, 0.3) is 11.1 Å². The predicted molar refractivity (Wildman–Crippen MR) is 151 cm³/mol. The lowest BCUT2D eigenvalue weighted by molar-refractivity contribution is -0.139. The van der Waals surface area contributed by atoms with Gasteiger partial charge in [-0.3, -0.25) is 4.79 Å². The number of unbranched alkanes of at least 4 members (excludes halogenated alkanes) is 1. The Morgan fingerprint density at radius 3 is 2.47 bits per heavy atom. The molecule has 0 aliphatic heterocycles. The Bertz CT molecular complexity index is 1180. The van der Waals surface area contributed by atoms with Gasteiger partial charge >= 0.3 is 5.97 Å². The largest absolute Gasteiger partial charge is 0.480 e. The van der Waals surface area contributed by atoms with E-state index in [9.17, 15) is 14.7 Å². The van der Waals surface area contributed by atoms with Gasteiger partial charge in [0.05, 0.1) is 0 Å². The van der Waals surface area contributed by atoms with Gasteiger partial charge in [0.1, 0.15) is 6.04 Å². The van der Waals surface area contributed by atoms with Crippen molar-refractivity contribution in [1.82, 2.24) is 5.32 Å². The van der Waals surface area contributed by atoms with E-state index in [-0.39, 0.29) is 5.91 Å². The summed E-state index contributed by atoms with van der Waals surface area (Å²) in [5.74, 6) is -0.727. The zero-order valence-corrected chi connectivity index (χ0v) is 22.2. The maximum Gasteiger partial charge on any atom is 0.326 e. The lowest BCUT2D eigenvalue weighted by Crippen LogP contribution is -2.41. The Hall–Kier alpha value is -3.25. The van der Waals surface area contributed by atoms with E-state index in [0.29, 0.717) is 24.3 Å². The van der Waals surface area contributed by atoms with E-state index in [2.05, 4.69) is 35.8 Å². The number of anilines is 1. The molecular weight excluding hydrogens is 468 g/mol. The summed E-state index contributed by atoms with van der Waals surface area (Å²) in [6, 6.07) is 21.2. The van der Waals surface area contributed by atoms with E-state index in [0.717, 1.165) is 47.2 Å². The summed E-state index contributed by atoms with van der Waals surface area (Å²) in [7, 11) is 0. The number of hydrogen-bond donors (Lipinski definition) is 3. The van der Waals surface area contributed by atoms with Crippen LogP contribution in [0.15, 0.2) is 66.7 Å². The summed E-state index contributed by atoms with van der Waals surface area (Å²) in [5.41, 5.74) is 6.78. The first-order chi connectivity index (χ1) is 17.4. The Morgan fingerprint density at radius 1 is 1.00 bits per heavy atom. The summed E-state index contributed by atoms with van der Waals surface area (Å²) >= 11 is 1.56. The quantitative estimate of drug-likeness (QED) is 0.246. The molecule has 36 heavy (non-hydrogen) atoms. The molecule has 0 saturated carbocycles. The van der Waals surface area contributed by atoms with Gasteiger partial charge in [-0.2, -0.15) is 11.8 Å². The number of hydrogen-bond acceptors (Lipinski definition) is 4. The smallest absolute Gasteiger partial charge is 0.326 e. The fourth-order valence-corrected chi connectivity index (χ4v) is 4.67. The van der Waals surface area contributed by atoms with Crippen LogP contribution in [-0.4, -0.2) is 35.0 Å². The highest BCUT2D eigenvalue weighted by Crippen LogP contribution is 2.29. The van der Waals surface area contributed by atoms with Crippen LogP contribution in [0.5, 0.6) is 0 Å². The lowest BCUT2D eigenvalue weighted by atomic mass is 9.93. The molecule has 190 valence electrons. The van der Waals surface area contributed by atoms with Crippen molar-refractivity contribution in [2.75, 3.05) is 17.3 Å². The highest BCUT2D eigenvalue weighted by atomic mass is 32.2. The molecule has 3 N–H and O–H groups in total. The number of benzene rings is 3.